The molecule has 2 heterocycles. The van der Waals surface area contributed by atoms with Crippen LogP contribution >= 0.6 is 11.6 Å². The van der Waals surface area contributed by atoms with Crippen LogP contribution in [0.3, 0.4) is 0 Å². The summed E-state index contributed by atoms with van der Waals surface area (Å²) in [4.78, 5) is 12.4. The van der Waals surface area contributed by atoms with Crippen LogP contribution in [-0.2, 0) is 16.1 Å². The van der Waals surface area contributed by atoms with Gasteiger partial charge in [0.25, 0.3) is 0 Å². The first-order valence-electron chi connectivity index (χ1n) is 11.2. The Morgan fingerprint density at radius 1 is 1.14 bits per heavy atom. The maximum atomic E-state index is 12.4. The zero-order valence-corrected chi connectivity index (χ0v) is 20.1. The standard InChI is InChI=1S/C23H23ClF3N7O3/c24-18-8-15(2-3-21(18)37-23(25,26)27)11-28-5-1-6-36-7-4-22(35)32-19-9-16(34-13-30-31-14-34)10-20-17(19)12-29-33-20/h2-3,8-10,12-14,28H,1,4-7,11H2,(H,29,33)(H,32,35). The van der Waals surface area contributed by atoms with Gasteiger partial charge in [0, 0.05) is 18.5 Å². The summed E-state index contributed by atoms with van der Waals surface area (Å²) in [6.07, 6.45) is 0.827. The molecule has 2 aromatic heterocycles. The van der Waals surface area contributed by atoms with E-state index in [0.29, 0.717) is 31.8 Å². The first kappa shape index (κ1) is 26.4. The van der Waals surface area contributed by atoms with Crippen LogP contribution in [0.15, 0.2) is 49.2 Å². The lowest BCUT2D eigenvalue weighted by atomic mass is 10.2. The van der Waals surface area contributed by atoms with E-state index in [1.165, 1.54) is 18.2 Å². The van der Waals surface area contributed by atoms with Gasteiger partial charge < -0.3 is 20.1 Å². The van der Waals surface area contributed by atoms with E-state index >= 15 is 0 Å². The van der Waals surface area contributed by atoms with Gasteiger partial charge in [0.15, 0.2) is 0 Å². The molecule has 196 valence electrons. The Morgan fingerprint density at radius 2 is 1.95 bits per heavy atom. The lowest BCUT2D eigenvalue weighted by Gasteiger charge is -2.12. The van der Waals surface area contributed by atoms with Gasteiger partial charge >= 0.3 is 6.36 Å². The highest BCUT2D eigenvalue weighted by molar-refractivity contribution is 6.32. The summed E-state index contributed by atoms with van der Waals surface area (Å²) >= 11 is 5.85. The molecular weight excluding hydrogens is 515 g/mol. The SMILES string of the molecule is O=C(CCOCCCNCc1ccc(OC(F)(F)F)c(Cl)c1)Nc1cc(-n2cnnc2)cc2[nH]ncc12. The number of rotatable bonds is 12. The highest BCUT2D eigenvalue weighted by Gasteiger charge is 2.32. The topological polar surface area (TPSA) is 119 Å². The second-order valence-corrected chi connectivity index (χ2v) is 8.35. The molecule has 0 aliphatic heterocycles. The van der Waals surface area contributed by atoms with Crippen LogP contribution in [0.1, 0.15) is 18.4 Å². The smallest absolute Gasteiger partial charge is 0.404 e. The number of benzene rings is 2. The second kappa shape index (κ2) is 12.0. The minimum atomic E-state index is -4.79. The van der Waals surface area contributed by atoms with Crippen LogP contribution in [0.5, 0.6) is 5.75 Å². The van der Waals surface area contributed by atoms with Crippen molar-refractivity contribution in [3.8, 4) is 11.4 Å². The monoisotopic (exact) mass is 537 g/mol. The Hall–Kier alpha value is -3.68. The number of aromatic amines is 1. The number of nitrogens with zero attached hydrogens (tertiary/aromatic N) is 4. The number of H-pyrrole nitrogens is 1. The largest absolute Gasteiger partial charge is 0.573 e. The lowest BCUT2D eigenvalue weighted by molar-refractivity contribution is -0.274. The van der Waals surface area contributed by atoms with Crippen molar-refractivity contribution in [2.24, 2.45) is 0 Å². The Labute approximate surface area is 214 Å². The number of hydrogen-bond acceptors (Lipinski definition) is 7. The third-order valence-electron chi connectivity index (χ3n) is 5.20. The predicted octanol–water partition coefficient (Wildman–Crippen LogP) is 4.22. The van der Waals surface area contributed by atoms with Crippen LogP contribution in [0.2, 0.25) is 5.02 Å². The minimum Gasteiger partial charge on any atom is -0.404 e. The zero-order chi connectivity index (χ0) is 26.3. The summed E-state index contributed by atoms with van der Waals surface area (Å²) in [7, 11) is 0. The number of nitrogens with one attached hydrogen (secondary N) is 3. The van der Waals surface area contributed by atoms with E-state index in [1.54, 1.807) is 23.4 Å². The minimum absolute atomic E-state index is 0.114. The molecule has 0 radical (unpaired) electrons. The van der Waals surface area contributed by atoms with E-state index in [0.717, 1.165) is 22.2 Å². The number of aromatic nitrogens is 5. The lowest BCUT2D eigenvalue weighted by Crippen LogP contribution is -2.18. The fraction of sp³-hybridized carbons (Fsp3) is 0.304. The second-order valence-electron chi connectivity index (χ2n) is 7.95. The molecule has 0 aliphatic rings. The van der Waals surface area contributed by atoms with E-state index in [1.807, 2.05) is 12.1 Å². The molecule has 0 fully saturated rings. The summed E-state index contributed by atoms with van der Waals surface area (Å²) < 4.78 is 48.0. The average Bonchev–Trinajstić information content (AvgIpc) is 3.54. The van der Waals surface area contributed by atoms with Gasteiger partial charge in [-0.25, -0.2) is 0 Å². The molecule has 3 N–H and O–H groups in total. The normalized spacial score (nSPS) is 11.7. The van der Waals surface area contributed by atoms with Crippen LogP contribution in [0.4, 0.5) is 18.9 Å². The van der Waals surface area contributed by atoms with Crippen LogP contribution in [-0.4, -0.2) is 57.0 Å². The highest BCUT2D eigenvalue weighted by Crippen LogP contribution is 2.30. The third kappa shape index (κ3) is 7.65. The Morgan fingerprint density at radius 3 is 2.70 bits per heavy atom. The van der Waals surface area contributed by atoms with E-state index in [4.69, 9.17) is 16.3 Å². The summed E-state index contributed by atoms with van der Waals surface area (Å²) in [6.45, 7) is 1.72. The number of halogens is 4. The highest BCUT2D eigenvalue weighted by atomic mass is 35.5. The number of carbonyl (C=O) groups is 1. The number of carbonyl (C=O) groups excluding carboxylic acids is 1. The number of hydrogen-bond donors (Lipinski definition) is 3. The number of alkyl halides is 3. The molecular formula is C23H23ClF3N7O3. The van der Waals surface area contributed by atoms with Crippen molar-refractivity contribution in [1.82, 2.24) is 30.3 Å². The van der Waals surface area contributed by atoms with Gasteiger partial charge in [0.2, 0.25) is 5.91 Å². The molecule has 4 rings (SSSR count). The van der Waals surface area contributed by atoms with E-state index in [2.05, 4.69) is 35.8 Å². The van der Waals surface area contributed by atoms with Gasteiger partial charge in [0.05, 0.1) is 41.1 Å². The van der Waals surface area contributed by atoms with Crippen molar-refractivity contribution >= 4 is 34.1 Å². The third-order valence-corrected chi connectivity index (χ3v) is 5.50. The molecule has 37 heavy (non-hydrogen) atoms. The summed E-state index contributed by atoms with van der Waals surface area (Å²) in [6, 6.07) is 7.81. The van der Waals surface area contributed by atoms with Gasteiger partial charge in [-0.1, -0.05) is 17.7 Å². The number of fused-ring (bicyclic) bond motifs is 1. The molecule has 0 bridgehead atoms. The van der Waals surface area contributed by atoms with Gasteiger partial charge in [-0.15, -0.1) is 23.4 Å². The number of amides is 1. The molecule has 0 saturated heterocycles. The molecule has 1 amide bonds. The van der Waals surface area contributed by atoms with Gasteiger partial charge in [-0.3, -0.25) is 14.5 Å². The molecule has 10 nitrogen and oxygen atoms in total. The van der Waals surface area contributed by atoms with Gasteiger partial charge in [-0.05, 0) is 42.8 Å². The van der Waals surface area contributed by atoms with Crippen molar-refractivity contribution in [3.05, 3.63) is 59.8 Å². The van der Waals surface area contributed by atoms with E-state index < -0.39 is 12.1 Å². The van der Waals surface area contributed by atoms with Crippen molar-refractivity contribution < 1.29 is 27.4 Å². The molecule has 0 unspecified atom stereocenters. The molecule has 0 spiro atoms. The molecule has 0 atom stereocenters. The number of anilines is 1. The predicted molar refractivity (Wildman–Crippen MR) is 130 cm³/mol. The van der Waals surface area contributed by atoms with Crippen LogP contribution < -0.4 is 15.4 Å². The van der Waals surface area contributed by atoms with Gasteiger partial charge in [-0.2, -0.15) is 5.10 Å². The Balaban J connectivity index is 1.14. The van der Waals surface area contributed by atoms with E-state index in [9.17, 15) is 18.0 Å². The molecule has 14 heteroatoms. The average molecular weight is 538 g/mol. The summed E-state index contributed by atoms with van der Waals surface area (Å²) in [5.41, 5.74) is 2.87. The molecule has 0 saturated carbocycles. The van der Waals surface area contributed by atoms with Crippen molar-refractivity contribution in [3.63, 3.8) is 0 Å². The maximum Gasteiger partial charge on any atom is 0.573 e. The van der Waals surface area contributed by atoms with Gasteiger partial charge in [0.1, 0.15) is 18.4 Å². The summed E-state index contributed by atoms with van der Waals surface area (Å²) in [5, 5.41) is 21.3. The number of ether oxygens (including phenoxy) is 2. The molecule has 2 aromatic carbocycles. The van der Waals surface area contributed by atoms with Crippen LogP contribution in [0, 0.1) is 0 Å². The fourth-order valence-corrected chi connectivity index (χ4v) is 3.74. The molecule has 4 aromatic rings. The summed E-state index contributed by atoms with van der Waals surface area (Å²) in [5.74, 6) is -0.635. The zero-order valence-electron chi connectivity index (χ0n) is 19.4. The first-order valence-corrected chi connectivity index (χ1v) is 11.6. The van der Waals surface area contributed by atoms with Crippen molar-refractivity contribution in [1.29, 1.82) is 0 Å². The first-order chi connectivity index (χ1) is 17.8. The van der Waals surface area contributed by atoms with Crippen molar-refractivity contribution in [2.45, 2.75) is 25.7 Å². The fourth-order valence-electron chi connectivity index (χ4n) is 3.50. The quantitative estimate of drug-likeness (QED) is 0.231. The van der Waals surface area contributed by atoms with Crippen LogP contribution in [0.25, 0.3) is 16.6 Å². The Kier molecular flexibility index (Phi) is 8.58. The van der Waals surface area contributed by atoms with E-state index in [-0.39, 0.29) is 24.0 Å². The Bertz CT molecular complexity index is 1330. The molecule has 0 aliphatic carbocycles. The maximum absolute atomic E-state index is 12.4. The van der Waals surface area contributed by atoms with Crippen molar-refractivity contribution in [2.75, 3.05) is 25.1 Å².